The molecule has 1 fully saturated rings. The lowest BCUT2D eigenvalue weighted by molar-refractivity contribution is -0.164. The zero-order chi connectivity index (χ0) is 16.4. The molecule has 0 radical (unpaired) electrons. The zero-order valence-corrected chi connectivity index (χ0v) is 15.6. The van der Waals surface area contributed by atoms with Crippen molar-refractivity contribution in [3.05, 3.63) is 11.8 Å². The maximum absolute atomic E-state index is 13.0. The number of rotatable bonds is 3. The molecule has 3 atom stereocenters. The number of carbonyl (C=O) groups excluding carboxylic acids is 2. The lowest BCUT2D eigenvalue weighted by atomic mass is 9.43. The van der Waals surface area contributed by atoms with Gasteiger partial charge in [-0.1, -0.05) is 20.8 Å². The largest absolute Gasteiger partial charge is 0.547 e. The van der Waals surface area contributed by atoms with Gasteiger partial charge < -0.3 is 4.43 Å². The first-order chi connectivity index (χ1) is 9.26. The number of carbonyl (C=O) groups is 2. The van der Waals surface area contributed by atoms with E-state index in [4.69, 9.17) is 4.43 Å². The van der Waals surface area contributed by atoms with Gasteiger partial charge in [0, 0.05) is 16.7 Å². The summed E-state index contributed by atoms with van der Waals surface area (Å²) in [6, 6.07) is 0. The van der Waals surface area contributed by atoms with Crippen molar-refractivity contribution in [1.82, 2.24) is 0 Å². The minimum Gasteiger partial charge on any atom is -0.547 e. The van der Waals surface area contributed by atoms with Crippen LogP contribution in [0.2, 0.25) is 19.6 Å². The first-order valence-corrected chi connectivity index (χ1v) is 11.1. The Morgan fingerprint density at radius 3 is 2.19 bits per heavy atom. The molecule has 0 spiro atoms. The van der Waals surface area contributed by atoms with E-state index in [0.29, 0.717) is 6.42 Å². The van der Waals surface area contributed by atoms with Crippen LogP contribution in [0, 0.1) is 22.2 Å². The highest BCUT2D eigenvalue weighted by Gasteiger charge is 2.66. The van der Waals surface area contributed by atoms with Crippen LogP contribution < -0.4 is 0 Å². The van der Waals surface area contributed by atoms with Gasteiger partial charge in [0.2, 0.25) is 8.32 Å². The third-order valence-electron chi connectivity index (χ3n) is 5.66. The van der Waals surface area contributed by atoms with Crippen LogP contribution in [0.3, 0.4) is 0 Å². The van der Waals surface area contributed by atoms with E-state index >= 15 is 0 Å². The fourth-order valence-corrected chi connectivity index (χ4v) is 4.89. The number of hydrogen-bond acceptors (Lipinski definition) is 3. The van der Waals surface area contributed by atoms with Gasteiger partial charge in [0.05, 0.1) is 11.2 Å². The Morgan fingerprint density at radius 2 is 1.76 bits per heavy atom. The maximum Gasteiger partial charge on any atom is 0.241 e. The SMILES string of the molecule is CC(=O)[C@@]1(C)C[C@H]2C(O[Si](C)(C)C)=C[C@]1(C)C(=O)C2(C)C. The highest BCUT2D eigenvalue weighted by atomic mass is 28.4. The molecular formula is C17H28O3Si. The molecule has 0 heterocycles. The summed E-state index contributed by atoms with van der Waals surface area (Å²) < 4.78 is 6.27. The third kappa shape index (κ3) is 2.14. The molecule has 21 heavy (non-hydrogen) atoms. The van der Waals surface area contributed by atoms with Crippen LogP contribution in [0.25, 0.3) is 0 Å². The lowest BCUT2D eigenvalue weighted by Crippen LogP contribution is -2.63. The smallest absolute Gasteiger partial charge is 0.241 e. The number of ketones is 2. The third-order valence-corrected chi connectivity index (χ3v) is 6.51. The monoisotopic (exact) mass is 308 g/mol. The molecule has 1 saturated carbocycles. The predicted molar refractivity (Wildman–Crippen MR) is 86.3 cm³/mol. The summed E-state index contributed by atoms with van der Waals surface area (Å²) in [5, 5.41) is 0. The van der Waals surface area contributed by atoms with Gasteiger partial charge in [0.1, 0.15) is 11.6 Å². The van der Waals surface area contributed by atoms with E-state index in [1.807, 2.05) is 33.8 Å². The molecule has 3 aliphatic rings. The maximum atomic E-state index is 13.0. The van der Waals surface area contributed by atoms with Crippen molar-refractivity contribution in [1.29, 1.82) is 0 Å². The van der Waals surface area contributed by atoms with E-state index in [1.165, 1.54) is 0 Å². The van der Waals surface area contributed by atoms with Gasteiger partial charge in [0.25, 0.3) is 0 Å². The van der Waals surface area contributed by atoms with Crippen LogP contribution in [0.15, 0.2) is 11.8 Å². The van der Waals surface area contributed by atoms with Crippen molar-refractivity contribution < 1.29 is 14.0 Å². The average Bonchev–Trinajstić information content (AvgIpc) is 2.28. The molecule has 0 saturated heterocycles. The fourth-order valence-electron chi connectivity index (χ4n) is 3.98. The van der Waals surface area contributed by atoms with E-state index in [9.17, 15) is 9.59 Å². The number of allylic oxidation sites excluding steroid dienone is 2. The summed E-state index contributed by atoms with van der Waals surface area (Å²) in [7, 11) is -1.74. The normalized spacial score (nSPS) is 38.2. The molecule has 0 unspecified atom stereocenters. The fraction of sp³-hybridized carbons (Fsp3) is 0.765. The number of hydrogen-bond donors (Lipinski definition) is 0. The Hall–Kier alpha value is -0.903. The van der Waals surface area contributed by atoms with Crippen LogP contribution in [0.5, 0.6) is 0 Å². The van der Waals surface area contributed by atoms with Crippen molar-refractivity contribution >= 4 is 19.9 Å². The highest BCUT2D eigenvalue weighted by Crippen LogP contribution is 2.63. The molecule has 3 aliphatic carbocycles. The molecule has 0 aromatic rings. The van der Waals surface area contributed by atoms with Gasteiger partial charge in [-0.3, -0.25) is 9.59 Å². The Labute approximate surface area is 129 Å². The second-order valence-corrected chi connectivity index (χ2v) is 13.1. The molecule has 3 rings (SSSR count). The van der Waals surface area contributed by atoms with Crippen LogP contribution in [0.4, 0.5) is 0 Å². The highest BCUT2D eigenvalue weighted by molar-refractivity contribution is 6.70. The summed E-state index contributed by atoms with van der Waals surface area (Å²) in [4.78, 5) is 25.3. The summed E-state index contributed by atoms with van der Waals surface area (Å²) >= 11 is 0. The van der Waals surface area contributed by atoms with Crippen LogP contribution in [-0.2, 0) is 14.0 Å². The van der Waals surface area contributed by atoms with Gasteiger partial charge in [0.15, 0.2) is 0 Å². The molecule has 3 nitrogen and oxygen atoms in total. The average molecular weight is 308 g/mol. The summed E-state index contributed by atoms with van der Waals surface area (Å²) in [5.41, 5.74) is -1.84. The van der Waals surface area contributed by atoms with E-state index in [-0.39, 0.29) is 17.5 Å². The Balaban J connectivity index is 2.61. The van der Waals surface area contributed by atoms with Crippen LogP contribution >= 0.6 is 0 Å². The molecule has 0 amide bonds. The second-order valence-electron chi connectivity index (χ2n) is 8.66. The Bertz CT molecular complexity index is 541. The Morgan fingerprint density at radius 1 is 1.24 bits per heavy atom. The second kappa shape index (κ2) is 4.31. The van der Waals surface area contributed by atoms with Crippen molar-refractivity contribution in [2.75, 3.05) is 0 Å². The topological polar surface area (TPSA) is 43.4 Å². The van der Waals surface area contributed by atoms with E-state index in [1.54, 1.807) is 6.92 Å². The number of fused-ring (bicyclic) bond motifs is 2. The van der Waals surface area contributed by atoms with Crippen molar-refractivity contribution in [3.8, 4) is 0 Å². The summed E-state index contributed by atoms with van der Waals surface area (Å²) in [6.45, 7) is 15.9. The molecule has 0 N–H and O–H groups in total. The lowest BCUT2D eigenvalue weighted by Gasteiger charge is -2.59. The quantitative estimate of drug-likeness (QED) is 0.741. The molecule has 0 aromatic carbocycles. The van der Waals surface area contributed by atoms with Gasteiger partial charge in [-0.15, -0.1) is 0 Å². The molecule has 118 valence electrons. The molecule has 0 aromatic heterocycles. The van der Waals surface area contributed by atoms with E-state index in [0.717, 1.165) is 5.76 Å². The Kier molecular flexibility index (Phi) is 3.38. The van der Waals surface area contributed by atoms with Gasteiger partial charge in [-0.25, -0.2) is 0 Å². The van der Waals surface area contributed by atoms with E-state index in [2.05, 4.69) is 19.6 Å². The number of Topliss-reactive ketones (excluding diaryl/α,β-unsaturated/α-hetero) is 2. The minimum atomic E-state index is -1.74. The molecule has 4 heteroatoms. The van der Waals surface area contributed by atoms with Crippen LogP contribution in [-0.4, -0.2) is 19.9 Å². The summed E-state index contributed by atoms with van der Waals surface area (Å²) in [6.07, 6.45) is 2.67. The standard InChI is InChI=1S/C17H28O3Si/c1-11(18)16(4)9-12-13(20-21(6,7)8)10-17(16,5)14(19)15(12,2)3/h10,12H,9H2,1-8H3/t12-,16+,17+/m0/s1. The van der Waals surface area contributed by atoms with Crippen molar-refractivity contribution in [2.24, 2.45) is 22.2 Å². The predicted octanol–water partition coefficient (Wildman–Crippen LogP) is 3.95. The van der Waals surface area contributed by atoms with Gasteiger partial charge in [-0.2, -0.15) is 0 Å². The summed E-state index contributed by atoms with van der Waals surface area (Å²) in [5.74, 6) is 1.22. The first-order valence-electron chi connectivity index (χ1n) is 7.73. The van der Waals surface area contributed by atoms with Gasteiger partial charge in [-0.05, 0) is 46.0 Å². The van der Waals surface area contributed by atoms with Gasteiger partial charge >= 0.3 is 0 Å². The van der Waals surface area contributed by atoms with Crippen molar-refractivity contribution in [2.45, 2.75) is 60.7 Å². The minimum absolute atomic E-state index is 0.00690. The first kappa shape index (κ1) is 16.5. The molecular weight excluding hydrogens is 280 g/mol. The molecule has 0 aliphatic heterocycles. The van der Waals surface area contributed by atoms with Crippen LogP contribution in [0.1, 0.15) is 41.0 Å². The van der Waals surface area contributed by atoms with E-state index < -0.39 is 24.6 Å². The van der Waals surface area contributed by atoms with Crippen molar-refractivity contribution in [3.63, 3.8) is 0 Å². The molecule has 2 bridgehead atoms. The zero-order valence-electron chi connectivity index (χ0n) is 14.6.